The summed E-state index contributed by atoms with van der Waals surface area (Å²) in [7, 11) is 0. The number of hydrogen-bond acceptors (Lipinski definition) is 6. The molecule has 2 rings (SSSR count). The maximum Gasteiger partial charge on any atom is 0.269 e. The maximum absolute atomic E-state index is 13.0. The van der Waals surface area contributed by atoms with Gasteiger partial charge in [0.2, 0.25) is 11.8 Å². The Kier molecular flexibility index (Phi) is 9.50. The highest BCUT2D eigenvalue weighted by molar-refractivity contribution is 5.98. The highest BCUT2D eigenvalue weighted by atomic mass is 16.6. The number of nitrogens with one attached hydrogen (secondary N) is 4. The van der Waals surface area contributed by atoms with E-state index in [1.807, 2.05) is 6.07 Å². The third-order valence-electron chi connectivity index (χ3n) is 4.89. The monoisotopic (exact) mass is 469 g/mol. The van der Waals surface area contributed by atoms with E-state index in [1.165, 1.54) is 24.3 Å². The first-order valence-corrected chi connectivity index (χ1v) is 10.4. The van der Waals surface area contributed by atoms with Gasteiger partial charge in [-0.15, -0.1) is 0 Å². The van der Waals surface area contributed by atoms with Crippen LogP contribution in [-0.4, -0.2) is 47.2 Å². The number of carbonyl (C=O) groups is 3. The lowest BCUT2D eigenvalue weighted by atomic mass is 10.0. The normalized spacial score (nSPS) is 12.1. The summed E-state index contributed by atoms with van der Waals surface area (Å²) in [5.41, 5.74) is 11.5. The molecule has 0 bridgehead atoms. The molecule has 0 aliphatic carbocycles. The smallest absolute Gasteiger partial charge is 0.269 e. The average molecular weight is 470 g/mol. The van der Waals surface area contributed by atoms with Crippen LogP contribution in [0.1, 0.15) is 28.8 Å². The number of non-ortho nitro benzene ring substituents is 1. The van der Waals surface area contributed by atoms with Crippen LogP contribution < -0.4 is 27.4 Å². The van der Waals surface area contributed by atoms with Gasteiger partial charge in [0.25, 0.3) is 11.6 Å². The minimum absolute atomic E-state index is 0.126. The second-order valence-electron chi connectivity index (χ2n) is 7.47. The lowest BCUT2D eigenvalue weighted by molar-refractivity contribution is -0.384. The first kappa shape index (κ1) is 25.8. The topological polar surface area (TPSA) is 206 Å². The van der Waals surface area contributed by atoms with E-state index in [-0.39, 0.29) is 36.6 Å². The summed E-state index contributed by atoms with van der Waals surface area (Å²) in [6.07, 6.45) is 0.719. The van der Waals surface area contributed by atoms with Crippen molar-refractivity contribution in [2.75, 3.05) is 6.54 Å². The summed E-state index contributed by atoms with van der Waals surface area (Å²) in [5.74, 6) is -2.19. The summed E-state index contributed by atoms with van der Waals surface area (Å²) in [4.78, 5) is 47.8. The molecule has 0 aliphatic heterocycles. The van der Waals surface area contributed by atoms with Gasteiger partial charge in [-0.1, -0.05) is 30.3 Å². The number of benzene rings is 2. The highest BCUT2D eigenvalue weighted by Crippen LogP contribution is 2.12. The summed E-state index contributed by atoms with van der Waals surface area (Å²) in [6, 6.07) is 11.9. The van der Waals surface area contributed by atoms with Crippen LogP contribution in [0.2, 0.25) is 0 Å². The standard InChI is InChI=1S/C22H27N7O5/c23-19(30)18(13-14-5-2-1-3-6-14)28-21(32)17(7-4-12-26-22(24)25)27-20(31)15-8-10-16(11-9-15)29(33)34/h1-3,5-6,8-11,17-18H,4,7,12-13H2,(H2,23,30)(H,27,31)(H,28,32)(H4,24,25,26)/t17-,18?/m0/s1. The fraction of sp³-hybridized carbons (Fsp3) is 0.273. The van der Waals surface area contributed by atoms with Crippen LogP contribution in [0.4, 0.5) is 5.69 Å². The van der Waals surface area contributed by atoms with E-state index in [1.54, 1.807) is 24.3 Å². The number of guanidine groups is 1. The predicted molar refractivity (Wildman–Crippen MR) is 125 cm³/mol. The van der Waals surface area contributed by atoms with Crippen LogP contribution in [0.25, 0.3) is 0 Å². The molecule has 0 radical (unpaired) electrons. The fourth-order valence-corrected chi connectivity index (χ4v) is 3.12. The lowest BCUT2D eigenvalue weighted by Gasteiger charge is -2.22. The van der Waals surface area contributed by atoms with E-state index in [4.69, 9.17) is 16.9 Å². The number of amides is 3. The zero-order chi connectivity index (χ0) is 25.1. The molecule has 1 unspecified atom stereocenters. The molecule has 0 fully saturated rings. The Labute approximate surface area is 195 Å². The largest absolute Gasteiger partial charge is 0.370 e. The first-order valence-electron chi connectivity index (χ1n) is 10.4. The molecule has 8 N–H and O–H groups in total. The van der Waals surface area contributed by atoms with Crippen molar-refractivity contribution in [1.29, 1.82) is 5.41 Å². The molecule has 12 nitrogen and oxygen atoms in total. The number of primary amides is 1. The Morgan fingerprint density at radius 1 is 0.971 bits per heavy atom. The molecule has 2 aromatic rings. The number of nitrogens with two attached hydrogens (primary N) is 2. The van der Waals surface area contributed by atoms with Crippen LogP contribution in [-0.2, 0) is 16.0 Å². The Morgan fingerprint density at radius 2 is 1.62 bits per heavy atom. The van der Waals surface area contributed by atoms with Crippen LogP contribution in [0.3, 0.4) is 0 Å². The van der Waals surface area contributed by atoms with E-state index >= 15 is 0 Å². The molecule has 0 saturated carbocycles. The SMILES string of the molecule is N=C(N)NCCC[C@H](NC(=O)c1ccc([N+](=O)[O-])cc1)C(=O)NC(Cc1ccccc1)C(N)=O. The number of carbonyl (C=O) groups excluding carboxylic acids is 3. The molecule has 180 valence electrons. The van der Waals surface area contributed by atoms with Crippen LogP contribution in [0.5, 0.6) is 0 Å². The van der Waals surface area contributed by atoms with E-state index in [2.05, 4.69) is 16.0 Å². The average Bonchev–Trinajstić information content (AvgIpc) is 2.80. The van der Waals surface area contributed by atoms with Crippen LogP contribution in [0.15, 0.2) is 54.6 Å². The van der Waals surface area contributed by atoms with Gasteiger partial charge in [0, 0.05) is 30.7 Å². The van der Waals surface area contributed by atoms with Gasteiger partial charge in [-0.2, -0.15) is 0 Å². The molecule has 0 saturated heterocycles. The zero-order valence-corrected chi connectivity index (χ0v) is 18.3. The molecule has 12 heteroatoms. The molecule has 0 aliphatic rings. The van der Waals surface area contributed by atoms with Crippen LogP contribution >= 0.6 is 0 Å². The van der Waals surface area contributed by atoms with Crippen molar-refractivity contribution < 1.29 is 19.3 Å². The van der Waals surface area contributed by atoms with Gasteiger partial charge in [-0.25, -0.2) is 0 Å². The highest BCUT2D eigenvalue weighted by Gasteiger charge is 2.26. The van der Waals surface area contributed by atoms with E-state index in [0.717, 1.165) is 5.56 Å². The van der Waals surface area contributed by atoms with Crippen molar-refractivity contribution in [3.05, 3.63) is 75.8 Å². The Balaban J connectivity index is 2.12. The van der Waals surface area contributed by atoms with Gasteiger partial charge in [0.15, 0.2) is 5.96 Å². The van der Waals surface area contributed by atoms with Crippen molar-refractivity contribution in [3.63, 3.8) is 0 Å². The molecule has 0 spiro atoms. The fourth-order valence-electron chi connectivity index (χ4n) is 3.12. The van der Waals surface area contributed by atoms with Gasteiger partial charge in [0.05, 0.1) is 4.92 Å². The third kappa shape index (κ3) is 8.22. The number of nitro groups is 1. The Bertz CT molecular complexity index is 1030. The third-order valence-corrected chi connectivity index (χ3v) is 4.89. The lowest BCUT2D eigenvalue weighted by Crippen LogP contribution is -2.53. The Hall–Kier alpha value is -4.48. The summed E-state index contributed by atoms with van der Waals surface area (Å²) in [6.45, 7) is 0.287. The minimum atomic E-state index is -1.03. The first-order chi connectivity index (χ1) is 16.2. The summed E-state index contributed by atoms with van der Waals surface area (Å²) >= 11 is 0. The molecule has 0 aromatic heterocycles. The molecule has 3 amide bonds. The molecule has 0 heterocycles. The van der Waals surface area contributed by atoms with Gasteiger partial charge < -0.3 is 27.4 Å². The number of rotatable bonds is 12. The summed E-state index contributed by atoms with van der Waals surface area (Å²) in [5, 5.41) is 25.8. The minimum Gasteiger partial charge on any atom is -0.370 e. The number of hydrogen-bond donors (Lipinski definition) is 6. The molecular formula is C22H27N7O5. The van der Waals surface area contributed by atoms with Crippen molar-refractivity contribution in [2.45, 2.75) is 31.3 Å². The summed E-state index contributed by atoms with van der Waals surface area (Å²) < 4.78 is 0. The quantitative estimate of drug-likeness (QED) is 0.0834. The predicted octanol–water partition coefficient (Wildman–Crippen LogP) is 0.169. The van der Waals surface area contributed by atoms with Gasteiger partial charge in [0.1, 0.15) is 12.1 Å². The van der Waals surface area contributed by atoms with Crippen molar-refractivity contribution in [2.24, 2.45) is 11.5 Å². The van der Waals surface area contributed by atoms with Crippen molar-refractivity contribution >= 4 is 29.4 Å². The van der Waals surface area contributed by atoms with Gasteiger partial charge in [-0.05, 0) is 30.5 Å². The van der Waals surface area contributed by atoms with Gasteiger partial charge >= 0.3 is 0 Å². The maximum atomic E-state index is 13.0. The van der Waals surface area contributed by atoms with Crippen LogP contribution in [0, 0.1) is 15.5 Å². The van der Waals surface area contributed by atoms with Crippen molar-refractivity contribution in [3.8, 4) is 0 Å². The number of nitrogens with zero attached hydrogens (tertiary/aromatic N) is 1. The second-order valence-corrected chi connectivity index (χ2v) is 7.47. The van der Waals surface area contributed by atoms with E-state index < -0.39 is 34.7 Å². The molecular weight excluding hydrogens is 442 g/mol. The molecule has 2 aromatic carbocycles. The molecule has 2 atom stereocenters. The molecule has 34 heavy (non-hydrogen) atoms. The zero-order valence-electron chi connectivity index (χ0n) is 18.3. The second kappa shape index (κ2) is 12.5. The van der Waals surface area contributed by atoms with Crippen molar-refractivity contribution in [1.82, 2.24) is 16.0 Å². The van der Waals surface area contributed by atoms with Gasteiger partial charge in [-0.3, -0.25) is 29.9 Å². The van der Waals surface area contributed by atoms with E-state index in [0.29, 0.717) is 6.42 Å². The van der Waals surface area contributed by atoms with E-state index in [9.17, 15) is 24.5 Å². The Morgan fingerprint density at radius 3 is 2.18 bits per heavy atom. The number of nitro benzene ring substituents is 1.